The van der Waals surface area contributed by atoms with Crippen LogP contribution in [0.15, 0.2) is 36.7 Å². The predicted molar refractivity (Wildman–Crippen MR) is 97.2 cm³/mol. The first-order chi connectivity index (χ1) is 11.8. The molecule has 1 aliphatic rings. The summed E-state index contributed by atoms with van der Waals surface area (Å²) < 4.78 is 7.24. The SMILES string of the molecule is CCn1cc(CN2CCCC(CCc3ccc(OC)cc3)C2)cn1. The standard InChI is InChI=1S/C20H29N3O/c1-3-23-16-19(13-21-23)15-22-12-4-5-18(14-22)7-6-17-8-10-20(24-2)11-9-17/h8-11,13,16,18H,3-7,12,14-15H2,1-2H3. The first-order valence-electron chi connectivity index (χ1n) is 9.13. The van der Waals surface area contributed by atoms with Crippen molar-refractivity contribution in [3.63, 3.8) is 0 Å². The Morgan fingerprint density at radius 3 is 2.75 bits per heavy atom. The molecular formula is C20H29N3O. The van der Waals surface area contributed by atoms with Gasteiger partial charge in [-0.15, -0.1) is 0 Å². The quantitative estimate of drug-likeness (QED) is 0.776. The van der Waals surface area contributed by atoms with E-state index in [0.29, 0.717) is 0 Å². The minimum absolute atomic E-state index is 0.807. The molecule has 0 radical (unpaired) electrons. The van der Waals surface area contributed by atoms with Crippen LogP contribution in [0.5, 0.6) is 5.75 Å². The van der Waals surface area contributed by atoms with Gasteiger partial charge >= 0.3 is 0 Å². The molecule has 1 aromatic carbocycles. The summed E-state index contributed by atoms with van der Waals surface area (Å²) in [7, 11) is 1.72. The van der Waals surface area contributed by atoms with Crippen LogP contribution in [0.3, 0.4) is 0 Å². The number of ether oxygens (including phenoxy) is 1. The average Bonchev–Trinajstić information content (AvgIpc) is 3.08. The molecule has 2 heterocycles. The van der Waals surface area contributed by atoms with Gasteiger partial charge in [0.25, 0.3) is 0 Å². The van der Waals surface area contributed by atoms with Crippen LogP contribution in [0.2, 0.25) is 0 Å². The zero-order valence-corrected chi connectivity index (χ0v) is 14.9. The predicted octanol–water partition coefficient (Wildman–Crippen LogP) is 3.76. The summed E-state index contributed by atoms with van der Waals surface area (Å²) in [6, 6.07) is 8.51. The molecule has 0 spiro atoms. The van der Waals surface area contributed by atoms with E-state index in [1.54, 1.807) is 7.11 Å². The van der Waals surface area contributed by atoms with Gasteiger partial charge in [-0.1, -0.05) is 12.1 Å². The lowest BCUT2D eigenvalue weighted by Gasteiger charge is -2.32. The second-order valence-electron chi connectivity index (χ2n) is 6.83. The van der Waals surface area contributed by atoms with Gasteiger partial charge in [0.05, 0.1) is 13.3 Å². The molecule has 0 aliphatic carbocycles. The topological polar surface area (TPSA) is 30.3 Å². The van der Waals surface area contributed by atoms with Crippen molar-refractivity contribution < 1.29 is 4.74 Å². The number of methoxy groups -OCH3 is 1. The van der Waals surface area contributed by atoms with Gasteiger partial charge in [0.2, 0.25) is 0 Å². The highest BCUT2D eigenvalue weighted by Crippen LogP contribution is 2.23. The van der Waals surface area contributed by atoms with E-state index in [4.69, 9.17) is 4.74 Å². The van der Waals surface area contributed by atoms with Crippen molar-refractivity contribution in [2.24, 2.45) is 5.92 Å². The van der Waals surface area contributed by atoms with Crippen LogP contribution < -0.4 is 4.74 Å². The number of benzene rings is 1. The van der Waals surface area contributed by atoms with Crippen LogP contribution in [0.4, 0.5) is 0 Å². The molecule has 1 atom stereocenters. The van der Waals surface area contributed by atoms with Gasteiger partial charge in [0, 0.05) is 31.4 Å². The van der Waals surface area contributed by atoms with Crippen molar-refractivity contribution in [2.45, 2.75) is 45.7 Å². The van der Waals surface area contributed by atoms with Crippen molar-refractivity contribution >= 4 is 0 Å². The van der Waals surface area contributed by atoms with E-state index in [1.165, 1.54) is 43.5 Å². The van der Waals surface area contributed by atoms with Gasteiger partial charge in [0.15, 0.2) is 0 Å². The van der Waals surface area contributed by atoms with Gasteiger partial charge in [-0.25, -0.2) is 0 Å². The Morgan fingerprint density at radius 1 is 1.21 bits per heavy atom. The summed E-state index contributed by atoms with van der Waals surface area (Å²) in [5.74, 6) is 1.75. The molecule has 0 bridgehead atoms. The smallest absolute Gasteiger partial charge is 0.118 e. The molecular weight excluding hydrogens is 298 g/mol. The Hall–Kier alpha value is -1.81. The lowest BCUT2D eigenvalue weighted by molar-refractivity contribution is 0.162. The molecule has 4 heteroatoms. The number of likely N-dealkylation sites (tertiary alicyclic amines) is 1. The Balaban J connectivity index is 1.47. The van der Waals surface area contributed by atoms with Crippen molar-refractivity contribution in [3.8, 4) is 5.75 Å². The zero-order chi connectivity index (χ0) is 16.8. The number of aromatic nitrogens is 2. The van der Waals surface area contributed by atoms with Crippen molar-refractivity contribution in [1.82, 2.24) is 14.7 Å². The van der Waals surface area contributed by atoms with Gasteiger partial charge in [0.1, 0.15) is 5.75 Å². The van der Waals surface area contributed by atoms with Crippen LogP contribution in [0, 0.1) is 5.92 Å². The maximum atomic E-state index is 5.23. The lowest BCUT2D eigenvalue weighted by Crippen LogP contribution is -2.35. The van der Waals surface area contributed by atoms with Crippen LogP contribution in [0.1, 0.15) is 37.3 Å². The van der Waals surface area contributed by atoms with E-state index in [0.717, 1.165) is 31.2 Å². The molecule has 1 aromatic heterocycles. The van der Waals surface area contributed by atoms with E-state index in [9.17, 15) is 0 Å². The normalized spacial score (nSPS) is 18.7. The highest BCUT2D eigenvalue weighted by Gasteiger charge is 2.20. The second kappa shape index (κ2) is 8.34. The number of piperidine rings is 1. The molecule has 2 aromatic rings. The molecule has 0 saturated carbocycles. The lowest BCUT2D eigenvalue weighted by atomic mass is 9.91. The van der Waals surface area contributed by atoms with Crippen LogP contribution in [0.25, 0.3) is 0 Å². The fraction of sp³-hybridized carbons (Fsp3) is 0.550. The first-order valence-corrected chi connectivity index (χ1v) is 9.13. The number of aryl methyl sites for hydroxylation is 2. The van der Waals surface area contributed by atoms with Crippen molar-refractivity contribution in [1.29, 1.82) is 0 Å². The summed E-state index contributed by atoms with van der Waals surface area (Å²) in [6.07, 6.45) is 9.31. The summed E-state index contributed by atoms with van der Waals surface area (Å²) in [5, 5.41) is 4.39. The molecule has 0 N–H and O–H groups in total. The fourth-order valence-corrected chi connectivity index (χ4v) is 3.61. The van der Waals surface area contributed by atoms with Crippen molar-refractivity contribution in [3.05, 3.63) is 47.8 Å². The molecule has 0 amide bonds. The summed E-state index contributed by atoms with van der Waals surface area (Å²) in [6.45, 7) is 6.56. The molecule has 1 fully saturated rings. The number of hydrogen-bond donors (Lipinski definition) is 0. The first kappa shape index (κ1) is 17.0. The highest BCUT2D eigenvalue weighted by molar-refractivity contribution is 5.27. The van der Waals surface area contributed by atoms with Gasteiger partial charge < -0.3 is 4.74 Å². The van der Waals surface area contributed by atoms with Crippen molar-refractivity contribution in [2.75, 3.05) is 20.2 Å². The third kappa shape index (κ3) is 4.60. The largest absolute Gasteiger partial charge is 0.497 e. The molecule has 3 rings (SSSR count). The van der Waals surface area contributed by atoms with Gasteiger partial charge in [-0.05, 0) is 62.8 Å². The number of hydrogen-bond acceptors (Lipinski definition) is 3. The Kier molecular flexibility index (Phi) is 5.91. The summed E-state index contributed by atoms with van der Waals surface area (Å²) in [5.41, 5.74) is 2.75. The van der Waals surface area contributed by atoms with E-state index < -0.39 is 0 Å². The summed E-state index contributed by atoms with van der Waals surface area (Å²) >= 11 is 0. The Bertz CT molecular complexity index is 620. The fourth-order valence-electron chi connectivity index (χ4n) is 3.61. The molecule has 1 unspecified atom stereocenters. The van der Waals surface area contributed by atoms with Crippen LogP contribution in [-0.4, -0.2) is 34.9 Å². The second-order valence-corrected chi connectivity index (χ2v) is 6.83. The molecule has 1 aliphatic heterocycles. The average molecular weight is 327 g/mol. The van der Waals surface area contributed by atoms with Crippen LogP contribution >= 0.6 is 0 Å². The highest BCUT2D eigenvalue weighted by atomic mass is 16.5. The van der Waals surface area contributed by atoms with Crippen LogP contribution in [-0.2, 0) is 19.5 Å². The van der Waals surface area contributed by atoms with E-state index in [-0.39, 0.29) is 0 Å². The minimum atomic E-state index is 0.807. The minimum Gasteiger partial charge on any atom is -0.497 e. The molecule has 130 valence electrons. The van der Waals surface area contributed by atoms with E-state index in [2.05, 4.69) is 47.4 Å². The Labute approximate surface area is 145 Å². The third-order valence-corrected chi connectivity index (χ3v) is 5.02. The monoisotopic (exact) mass is 327 g/mol. The Morgan fingerprint density at radius 2 is 2.04 bits per heavy atom. The summed E-state index contributed by atoms with van der Waals surface area (Å²) in [4.78, 5) is 2.60. The maximum Gasteiger partial charge on any atom is 0.118 e. The molecule has 1 saturated heterocycles. The van der Waals surface area contributed by atoms with E-state index >= 15 is 0 Å². The maximum absolute atomic E-state index is 5.23. The molecule has 4 nitrogen and oxygen atoms in total. The third-order valence-electron chi connectivity index (χ3n) is 5.02. The number of rotatable bonds is 7. The van der Waals surface area contributed by atoms with Gasteiger partial charge in [-0.3, -0.25) is 9.58 Å². The van der Waals surface area contributed by atoms with E-state index in [1.807, 2.05) is 10.9 Å². The number of nitrogens with zero attached hydrogens (tertiary/aromatic N) is 3. The van der Waals surface area contributed by atoms with Gasteiger partial charge in [-0.2, -0.15) is 5.10 Å². The molecule has 24 heavy (non-hydrogen) atoms. The zero-order valence-electron chi connectivity index (χ0n) is 14.9.